The third kappa shape index (κ3) is 13.1. The van der Waals surface area contributed by atoms with Crippen LogP contribution in [-0.2, 0) is 42.5 Å². The third-order valence-corrected chi connectivity index (χ3v) is 9.96. The smallest absolute Gasteiger partial charge is 0.408 e. The summed E-state index contributed by atoms with van der Waals surface area (Å²) in [5.74, 6) is -1.56. The minimum Gasteiger partial charge on any atom is -0.445 e. The van der Waals surface area contributed by atoms with Crippen molar-refractivity contribution in [3.05, 3.63) is 192 Å². The average Bonchev–Trinajstić information content (AvgIpc) is 3.26. The molecule has 0 radical (unpaired) electrons. The first-order valence-corrected chi connectivity index (χ1v) is 20.3. The number of rotatable bonds is 20. The number of benzene rings is 5. The van der Waals surface area contributed by atoms with Crippen molar-refractivity contribution in [2.75, 3.05) is 0 Å². The van der Waals surface area contributed by atoms with Gasteiger partial charge in [0.1, 0.15) is 24.2 Å². The number of amides is 4. The number of allylic oxidation sites excluding steroid dienone is 1. The van der Waals surface area contributed by atoms with E-state index in [1.807, 2.05) is 166 Å². The zero-order chi connectivity index (χ0) is 42.7. The van der Waals surface area contributed by atoms with E-state index in [-0.39, 0.29) is 43.5 Å². The van der Waals surface area contributed by atoms with Gasteiger partial charge in [0.05, 0.1) is 0 Å². The van der Waals surface area contributed by atoms with Gasteiger partial charge in [-0.05, 0) is 59.6 Å². The van der Waals surface area contributed by atoms with Crippen LogP contribution in [0.4, 0.5) is 4.79 Å². The lowest BCUT2D eigenvalue weighted by molar-refractivity contribution is -0.130. The zero-order valence-electron chi connectivity index (χ0n) is 34.4. The van der Waals surface area contributed by atoms with Crippen molar-refractivity contribution in [2.24, 2.45) is 5.92 Å². The summed E-state index contributed by atoms with van der Waals surface area (Å²) < 4.78 is 5.41. The van der Waals surface area contributed by atoms with Gasteiger partial charge in [-0.2, -0.15) is 0 Å². The molecular weight excluding hydrogens is 753 g/mol. The van der Waals surface area contributed by atoms with E-state index in [9.17, 15) is 24.0 Å². The van der Waals surface area contributed by atoms with Crippen molar-refractivity contribution in [3.63, 3.8) is 0 Å². The van der Waals surface area contributed by atoms with E-state index in [1.165, 1.54) is 13.0 Å². The van der Waals surface area contributed by atoms with Crippen molar-refractivity contribution < 1.29 is 28.7 Å². The summed E-state index contributed by atoms with van der Waals surface area (Å²) in [6, 6.07) is 44.9. The van der Waals surface area contributed by atoms with Crippen LogP contribution in [-0.4, -0.2) is 47.7 Å². The van der Waals surface area contributed by atoms with Crippen molar-refractivity contribution in [1.82, 2.24) is 21.3 Å². The van der Waals surface area contributed by atoms with Crippen molar-refractivity contribution >= 4 is 29.6 Å². The topological polar surface area (TPSA) is 143 Å². The molecule has 0 bridgehead atoms. The van der Waals surface area contributed by atoms with E-state index in [0.717, 1.165) is 27.8 Å². The largest absolute Gasteiger partial charge is 0.445 e. The fourth-order valence-electron chi connectivity index (χ4n) is 7.03. The Balaban J connectivity index is 1.35. The first kappa shape index (κ1) is 44.3. The highest BCUT2D eigenvalue weighted by Crippen LogP contribution is 2.37. The first-order chi connectivity index (χ1) is 29.0. The number of ether oxygens (including phenoxy) is 1. The van der Waals surface area contributed by atoms with Crippen LogP contribution in [0.15, 0.2) is 164 Å². The average molecular weight is 807 g/mol. The van der Waals surface area contributed by atoms with E-state index in [0.29, 0.717) is 6.42 Å². The molecule has 5 rings (SSSR count). The monoisotopic (exact) mass is 806 g/mol. The van der Waals surface area contributed by atoms with Crippen LogP contribution in [0, 0.1) is 5.92 Å². The fourth-order valence-corrected chi connectivity index (χ4v) is 7.03. The highest BCUT2D eigenvalue weighted by molar-refractivity contribution is 5.92. The minimum absolute atomic E-state index is 0.0113. The van der Waals surface area contributed by atoms with Crippen LogP contribution in [0.5, 0.6) is 0 Å². The Morgan fingerprint density at radius 2 is 1.07 bits per heavy atom. The molecule has 0 saturated heterocycles. The summed E-state index contributed by atoms with van der Waals surface area (Å²) in [5, 5.41) is 11.9. The molecule has 0 aromatic heterocycles. The summed E-state index contributed by atoms with van der Waals surface area (Å²) in [4.78, 5) is 67.4. The van der Waals surface area contributed by atoms with Gasteiger partial charge in [0.15, 0.2) is 5.78 Å². The highest BCUT2D eigenvalue weighted by atomic mass is 16.5. The second kappa shape index (κ2) is 22.4. The molecular formula is C50H54N4O6. The van der Waals surface area contributed by atoms with Crippen LogP contribution < -0.4 is 21.3 Å². The molecule has 0 aliphatic rings. The van der Waals surface area contributed by atoms with Gasteiger partial charge in [0.2, 0.25) is 17.7 Å². The molecule has 0 aliphatic carbocycles. The Morgan fingerprint density at radius 3 is 1.55 bits per heavy atom. The minimum atomic E-state index is -1.07. The Labute approximate surface area is 352 Å². The Bertz CT molecular complexity index is 2070. The molecule has 0 spiro atoms. The molecule has 0 heterocycles. The quantitative estimate of drug-likeness (QED) is 0.0472. The predicted molar refractivity (Wildman–Crippen MR) is 233 cm³/mol. The molecule has 60 heavy (non-hydrogen) atoms. The number of hydrogen-bond donors (Lipinski definition) is 4. The number of carbonyl (C=O) groups is 5. The molecule has 10 heteroatoms. The molecule has 310 valence electrons. The molecule has 0 aliphatic heterocycles. The van der Waals surface area contributed by atoms with Gasteiger partial charge >= 0.3 is 6.09 Å². The van der Waals surface area contributed by atoms with E-state index >= 15 is 0 Å². The molecule has 10 nitrogen and oxygen atoms in total. The van der Waals surface area contributed by atoms with Crippen LogP contribution in [0.2, 0.25) is 0 Å². The number of ketones is 1. The van der Waals surface area contributed by atoms with Gasteiger partial charge in [-0.1, -0.05) is 172 Å². The number of nitrogens with one attached hydrogen (secondary N) is 4. The molecule has 0 saturated carbocycles. The second-order valence-electron chi connectivity index (χ2n) is 15.2. The molecule has 5 aromatic rings. The molecule has 5 aromatic carbocycles. The second-order valence-corrected chi connectivity index (χ2v) is 15.2. The Morgan fingerprint density at radius 1 is 0.600 bits per heavy atom. The summed E-state index contributed by atoms with van der Waals surface area (Å²) in [7, 11) is 0. The van der Waals surface area contributed by atoms with Gasteiger partial charge in [-0.25, -0.2) is 4.79 Å². The zero-order valence-corrected chi connectivity index (χ0v) is 34.4. The molecule has 4 N–H and O–H groups in total. The first-order valence-electron chi connectivity index (χ1n) is 20.3. The van der Waals surface area contributed by atoms with E-state index < -0.39 is 41.6 Å². The number of hydrogen-bond acceptors (Lipinski definition) is 6. The van der Waals surface area contributed by atoms with Gasteiger partial charge in [0.25, 0.3) is 0 Å². The van der Waals surface area contributed by atoms with Crippen molar-refractivity contribution in [1.29, 1.82) is 0 Å². The molecule has 0 unspecified atom stereocenters. The molecule has 3 atom stereocenters. The van der Waals surface area contributed by atoms with Crippen LogP contribution in [0.1, 0.15) is 67.9 Å². The van der Waals surface area contributed by atoms with Crippen LogP contribution >= 0.6 is 0 Å². The third-order valence-electron chi connectivity index (χ3n) is 9.96. The maximum Gasteiger partial charge on any atom is 0.408 e. The SMILES string of the molecule is CC(=O)/C=C/[C@H](CCC(=O)NC(c1ccccc1)(c1ccccc1)c1ccccc1)NC(=O)[C@H](Cc1ccccc1)NC(=O)[C@H](CC(C)C)NC(=O)OCc1ccccc1. The lowest BCUT2D eigenvalue weighted by Crippen LogP contribution is -2.55. The summed E-state index contributed by atoms with van der Waals surface area (Å²) in [6.07, 6.45) is 2.74. The predicted octanol–water partition coefficient (Wildman–Crippen LogP) is 7.57. The lowest BCUT2D eigenvalue weighted by atomic mass is 9.77. The van der Waals surface area contributed by atoms with Crippen molar-refractivity contribution in [3.8, 4) is 0 Å². The Hall–Kier alpha value is -6.81. The summed E-state index contributed by atoms with van der Waals surface area (Å²) >= 11 is 0. The molecule has 4 amide bonds. The van der Waals surface area contributed by atoms with Gasteiger partial charge in [-0.3, -0.25) is 19.2 Å². The van der Waals surface area contributed by atoms with Gasteiger partial charge in [-0.15, -0.1) is 0 Å². The number of carbonyl (C=O) groups excluding carboxylic acids is 5. The van der Waals surface area contributed by atoms with Gasteiger partial charge < -0.3 is 26.0 Å². The lowest BCUT2D eigenvalue weighted by Gasteiger charge is -2.37. The van der Waals surface area contributed by atoms with E-state index in [1.54, 1.807) is 6.08 Å². The normalized spacial score (nSPS) is 12.8. The fraction of sp³-hybridized carbons (Fsp3) is 0.260. The van der Waals surface area contributed by atoms with E-state index in [4.69, 9.17) is 4.74 Å². The number of alkyl carbamates (subject to hydrolysis) is 1. The maximum absolute atomic E-state index is 14.2. The van der Waals surface area contributed by atoms with Crippen molar-refractivity contribution in [2.45, 2.75) is 76.7 Å². The van der Waals surface area contributed by atoms with Gasteiger partial charge in [0, 0.05) is 18.9 Å². The summed E-state index contributed by atoms with van der Waals surface area (Å²) in [6.45, 7) is 5.29. The van der Waals surface area contributed by atoms with E-state index in [2.05, 4.69) is 21.3 Å². The molecule has 0 fully saturated rings. The Kier molecular flexibility index (Phi) is 16.5. The maximum atomic E-state index is 14.2. The van der Waals surface area contributed by atoms with Crippen LogP contribution in [0.25, 0.3) is 0 Å². The highest BCUT2D eigenvalue weighted by Gasteiger charge is 2.38. The standard InChI is InChI=1S/C50H54N4O6/c1-36(2)33-44(53-49(59)60-35-39-21-11-5-12-22-39)48(58)52-45(34-38-19-9-4-10-20-38)47(57)51-43(30-29-37(3)55)31-32-46(56)54-50(40-23-13-6-14-24-40,41-25-15-7-16-26-41)42-27-17-8-18-28-42/h4-30,36,43-45H,31-35H2,1-3H3,(H,51,57)(H,52,58)(H,53,59)(H,54,56)/b30-29+/t43-,44+,45+/m1/s1. The van der Waals surface area contributed by atoms with Crippen LogP contribution in [0.3, 0.4) is 0 Å². The summed E-state index contributed by atoms with van der Waals surface area (Å²) in [5.41, 5.74) is 3.16.